The molecule has 11 rings (SSSR count). The summed E-state index contributed by atoms with van der Waals surface area (Å²) in [5.41, 5.74) is 12.3. The van der Waals surface area contributed by atoms with Crippen molar-refractivity contribution in [2.24, 2.45) is 0 Å². The van der Waals surface area contributed by atoms with E-state index in [1.54, 1.807) is 0 Å². The van der Waals surface area contributed by atoms with Gasteiger partial charge in [0.2, 0.25) is 0 Å². The molecule has 2 heterocycles. The second-order valence-corrected chi connectivity index (χ2v) is 15.7. The Morgan fingerprint density at radius 3 is 1.83 bits per heavy atom. The van der Waals surface area contributed by atoms with Crippen molar-refractivity contribution in [1.29, 1.82) is 0 Å². The quantitative estimate of drug-likeness (QED) is 0.179. The fourth-order valence-corrected chi connectivity index (χ4v) is 9.96. The molecule has 2 nitrogen and oxygen atoms in total. The second-order valence-electron chi connectivity index (χ2n) is 14.6. The van der Waals surface area contributed by atoms with Crippen LogP contribution >= 0.6 is 11.3 Å². The van der Waals surface area contributed by atoms with Crippen LogP contribution in [0.2, 0.25) is 0 Å². The molecule has 0 unspecified atom stereocenters. The van der Waals surface area contributed by atoms with Gasteiger partial charge in [0.05, 0.1) is 16.7 Å². The van der Waals surface area contributed by atoms with Gasteiger partial charge in [-0.25, -0.2) is 0 Å². The molecule has 0 saturated heterocycles. The number of nitrogens with zero attached hydrogens (tertiary/aromatic N) is 2. The summed E-state index contributed by atoms with van der Waals surface area (Å²) < 4.78 is 5.07. The molecule has 2 aromatic heterocycles. The number of hydrogen-bond acceptors (Lipinski definition) is 2. The van der Waals surface area contributed by atoms with Crippen LogP contribution in [0.1, 0.15) is 25.0 Å². The zero-order valence-corrected chi connectivity index (χ0v) is 29.8. The highest BCUT2D eigenvalue weighted by Gasteiger charge is 2.36. The van der Waals surface area contributed by atoms with E-state index >= 15 is 0 Å². The normalized spacial score (nSPS) is 13.3. The van der Waals surface area contributed by atoms with Gasteiger partial charge >= 0.3 is 0 Å². The highest BCUT2D eigenvalue weighted by Crippen LogP contribution is 2.52. The van der Waals surface area contributed by atoms with Crippen LogP contribution in [0.4, 0.5) is 17.1 Å². The van der Waals surface area contributed by atoms with E-state index in [0.29, 0.717) is 0 Å². The van der Waals surface area contributed by atoms with Gasteiger partial charge in [0, 0.05) is 58.8 Å². The number of thiophene rings is 1. The van der Waals surface area contributed by atoms with Gasteiger partial charge in [-0.1, -0.05) is 117 Å². The van der Waals surface area contributed by atoms with E-state index in [4.69, 9.17) is 0 Å². The lowest BCUT2D eigenvalue weighted by molar-refractivity contribution is 0.660. The highest BCUT2D eigenvalue weighted by atomic mass is 32.1. The SMILES string of the molecule is CC1(C)c2cc(N(c3ccc4sc5ccccc5c4c3)c3cccc4ccccc34)ccc2-c2ccc(-n3c4ccccc4c4ccccc43)cc21. The molecule has 0 N–H and O–H groups in total. The molecular weight excluding hydrogens is 649 g/mol. The zero-order chi connectivity index (χ0) is 34.6. The first-order valence-electron chi connectivity index (χ1n) is 18.0. The molecule has 10 aromatic rings. The molecule has 0 atom stereocenters. The molecule has 0 saturated carbocycles. The van der Waals surface area contributed by atoms with Crippen molar-refractivity contribution in [3.63, 3.8) is 0 Å². The minimum atomic E-state index is -0.201. The van der Waals surface area contributed by atoms with Crippen LogP contribution in [0.5, 0.6) is 0 Å². The first-order chi connectivity index (χ1) is 25.5. The molecule has 0 bridgehead atoms. The summed E-state index contributed by atoms with van der Waals surface area (Å²) in [5, 5.41) is 7.65. The molecule has 0 spiro atoms. The van der Waals surface area contributed by atoms with Crippen LogP contribution in [-0.4, -0.2) is 4.57 Å². The Balaban J connectivity index is 1.10. The van der Waals surface area contributed by atoms with E-state index in [0.717, 1.165) is 11.4 Å². The van der Waals surface area contributed by atoms with Crippen molar-refractivity contribution in [3.8, 4) is 16.8 Å². The molecule has 1 aliphatic rings. The maximum Gasteiger partial charge on any atom is 0.0541 e. The van der Waals surface area contributed by atoms with E-state index < -0.39 is 0 Å². The zero-order valence-electron chi connectivity index (χ0n) is 29.0. The van der Waals surface area contributed by atoms with Gasteiger partial charge in [0.25, 0.3) is 0 Å². The molecule has 0 amide bonds. The Morgan fingerprint density at radius 1 is 0.462 bits per heavy atom. The highest BCUT2D eigenvalue weighted by molar-refractivity contribution is 7.25. The number of para-hydroxylation sites is 2. The monoisotopic (exact) mass is 682 g/mol. The van der Waals surface area contributed by atoms with E-state index in [9.17, 15) is 0 Å². The van der Waals surface area contributed by atoms with E-state index in [2.05, 4.69) is 193 Å². The van der Waals surface area contributed by atoms with E-state index in [1.807, 2.05) is 11.3 Å². The lowest BCUT2D eigenvalue weighted by atomic mass is 9.82. The standard InChI is InChI=1S/C49H34N2S/c1-49(2)42-29-33(22-25-36(42)37-26-23-34(30-43(37)49)51-45-18-8-5-15-38(45)39-16-6-9-19-46(39)51)50(44-20-11-13-31-12-3-4-14-35(31)44)32-24-27-48-41(28-32)40-17-7-10-21-47(40)52-48/h3-30H,1-2H3. The summed E-state index contributed by atoms with van der Waals surface area (Å²) >= 11 is 1.87. The number of benzene rings is 8. The Kier molecular flexibility index (Phi) is 6.21. The van der Waals surface area contributed by atoms with Gasteiger partial charge in [0.1, 0.15) is 0 Å². The van der Waals surface area contributed by atoms with Crippen LogP contribution in [-0.2, 0) is 5.41 Å². The number of rotatable bonds is 4. The second kappa shape index (κ2) is 10.9. The molecule has 3 heteroatoms. The van der Waals surface area contributed by atoms with Gasteiger partial charge in [0.15, 0.2) is 0 Å². The van der Waals surface area contributed by atoms with Crippen molar-refractivity contribution in [3.05, 3.63) is 181 Å². The molecule has 0 fully saturated rings. The summed E-state index contributed by atoms with van der Waals surface area (Å²) in [4.78, 5) is 2.47. The van der Waals surface area contributed by atoms with Crippen molar-refractivity contribution in [1.82, 2.24) is 4.57 Å². The third-order valence-corrected chi connectivity index (χ3v) is 12.5. The third-order valence-electron chi connectivity index (χ3n) is 11.4. The van der Waals surface area contributed by atoms with Crippen LogP contribution in [0.25, 0.3) is 69.6 Å². The van der Waals surface area contributed by atoms with Crippen LogP contribution in [0.15, 0.2) is 170 Å². The Morgan fingerprint density at radius 2 is 1.04 bits per heavy atom. The summed E-state index contributed by atoms with van der Waals surface area (Å²) in [6.45, 7) is 4.78. The van der Waals surface area contributed by atoms with Gasteiger partial charge in [-0.2, -0.15) is 0 Å². The van der Waals surface area contributed by atoms with Crippen LogP contribution in [0, 0.1) is 0 Å². The predicted molar refractivity (Wildman–Crippen MR) is 223 cm³/mol. The Labute approximate surface area is 306 Å². The molecule has 246 valence electrons. The van der Waals surface area contributed by atoms with Gasteiger partial charge < -0.3 is 9.47 Å². The molecule has 1 aliphatic carbocycles. The molecule has 52 heavy (non-hydrogen) atoms. The predicted octanol–water partition coefficient (Wildman–Crippen LogP) is 14.1. The summed E-state index contributed by atoms with van der Waals surface area (Å²) in [7, 11) is 0. The first-order valence-corrected chi connectivity index (χ1v) is 18.8. The number of aromatic nitrogens is 1. The molecule has 0 radical (unpaired) electrons. The molecule has 0 aliphatic heterocycles. The van der Waals surface area contributed by atoms with E-state index in [1.165, 1.54) is 86.4 Å². The van der Waals surface area contributed by atoms with E-state index in [-0.39, 0.29) is 5.41 Å². The average Bonchev–Trinajstić information content (AvgIpc) is 3.80. The maximum absolute atomic E-state index is 2.47. The minimum Gasteiger partial charge on any atom is -0.310 e. The average molecular weight is 683 g/mol. The molecule has 8 aromatic carbocycles. The lowest BCUT2D eigenvalue weighted by Crippen LogP contribution is -2.17. The number of hydrogen-bond donors (Lipinski definition) is 0. The van der Waals surface area contributed by atoms with Crippen molar-refractivity contribution >= 4 is 81.1 Å². The smallest absolute Gasteiger partial charge is 0.0541 e. The summed E-state index contributed by atoms with van der Waals surface area (Å²) in [6.07, 6.45) is 0. The molecular formula is C49H34N2S. The van der Waals surface area contributed by atoms with Crippen molar-refractivity contribution in [2.75, 3.05) is 4.90 Å². The fraction of sp³-hybridized carbons (Fsp3) is 0.0612. The minimum absolute atomic E-state index is 0.201. The van der Waals surface area contributed by atoms with Gasteiger partial charge in [-0.3, -0.25) is 0 Å². The Hall–Kier alpha value is -6.16. The van der Waals surface area contributed by atoms with Gasteiger partial charge in [-0.15, -0.1) is 11.3 Å². The number of anilines is 3. The third kappa shape index (κ3) is 4.17. The topological polar surface area (TPSA) is 8.17 Å². The van der Waals surface area contributed by atoms with Crippen LogP contribution < -0.4 is 4.90 Å². The Bertz CT molecular complexity index is 3010. The maximum atomic E-state index is 2.47. The first kappa shape index (κ1) is 29.6. The number of fused-ring (bicyclic) bond motifs is 10. The van der Waals surface area contributed by atoms with Crippen molar-refractivity contribution in [2.45, 2.75) is 19.3 Å². The summed E-state index contributed by atoms with van der Waals surface area (Å²) in [5.74, 6) is 0. The summed E-state index contributed by atoms with van der Waals surface area (Å²) in [6, 6.07) is 62.9. The largest absolute Gasteiger partial charge is 0.310 e. The van der Waals surface area contributed by atoms with Gasteiger partial charge in [-0.05, 0) is 94.4 Å². The fourth-order valence-electron chi connectivity index (χ4n) is 8.88. The van der Waals surface area contributed by atoms with Crippen LogP contribution in [0.3, 0.4) is 0 Å². The lowest BCUT2D eigenvalue weighted by Gasteiger charge is -2.29. The van der Waals surface area contributed by atoms with Crippen molar-refractivity contribution < 1.29 is 0 Å².